The molecule has 0 saturated heterocycles. The van der Waals surface area contributed by atoms with Gasteiger partial charge in [-0.1, -0.05) is 0 Å². The Hall–Kier alpha value is 0.740. The van der Waals surface area contributed by atoms with Crippen molar-refractivity contribution in [2.24, 2.45) is 0 Å². The van der Waals surface area contributed by atoms with E-state index in [1.807, 2.05) is 0 Å². The normalized spacial score (nSPS) is 0. The van der Waals surface area contributed by atoms with E-state index in [9.17, 15) is 0 Å². The quantitative estimate of drug-likeness (QED) is 0.406. The summed E-state index contributed by atoms with van der Waals surface area (Å²) < 4.78 is 0. The Kier molecular flexibility index (Phi) is 5700. The maximum Gasteiger partial charge on any atom is -0.153 e. The largest absolute Gasteiger partial charge is 0.344 e. The molecule has 5 heavy (non-hydrogen) atoms. The predicted octanol–water partition coefficient (Wildman–Crippen LogP) is 0.602. The van der Waals surface area contributed by atoms with Crippen LogP contribution in [0, 0.1) is 0 Å². The highest BCUT2D eigenvalue weighted by Gasteiger charge is -0.152. The first-order chi connectivity index (χ1) is 0. The maximum atomic E-state index is 0. The van der Waals surface area contributed by atoms with Crippen molar-refractivity contribution in [3.8, 4) is 0 Å². The van der Waals surface area contributed by atoms with Gasteiger partial charge in [0, 0.05) is 0 Å². The lowest BCUT2D eigenvalue weighted by atomic mass is 14.0. The summed E-state index contributed by atoms with van der Waals surface area (Å²) in [5.74, 6) is 0. The van der Waals surface area contributed by atoms with Gasteiger partial charge in [-0.25, -0.2) is 0 Å². The summed E-state index contributed by atoms with van der Waals surface area (Å²) in [5.41, 5.74) is 0. The Morgan fingerprint density at radius 2 is 0.400 bits per heavy atom. The van der Waals surface area contributed by atoms with Crippen LogP contribution in [0.4, 0.5) is 0 Å². The highest BCUT2D eigenvalue weighted by molar-refractivity contribution is 6.92. The minimum absolute atomic E-state index is 0. The van der Waals surface area contributed by atoms with Crippen molar-refractivity contribution in [1.29, 1.82) is 0 Å². The van der Waals surface area contributed by atoms with Crippen molar-refractivity contribution in [3.05, 3.63) is 0 Å². The summed E-state index contributed by atoms with van der Waals surface area (Å²) >= 11 is 0. The first-order valence-electron chi connectivity index (χ1n) is 0. The molecule has 0 aliphatic carbocycles. The molecule has 0 rings (SSSR count). The standard InChI is InChI=1S/3H3N.2H3P/h5*1H3. The van der Waals surface area contributed by atoms with E-state index >= 15 is 0 Å². The van der Waals surface area contributed by atoms with Crippen LogP contribution in [-0.4, -0.2) is 0 Å². The molecule has 0 aromatic carbocycles. The zero-order chi connectivity index (χ0) is 0. The van der Waals surface area contributed by atoms with E-state index in [0.29, 0.717) is 0 Å². The molecule has 9 N–H and O–H groups in total. The fourth-order valence-corrected chi connectivity index (χ4v) is 0. The van der Waals surface area contributed by atoms with Gasteiger partial charge in [0.15, 0.2) is 0 Å². The monoisotopic (exact) mass is 119 g/mol. The van der Waals surface area contributed by atoms with Crippen molar-refractivity contribution in [3.63, 3.8) is 0 Å². The molecule has 0 radical (unpaired) electrons. The SMILES string of the molecule is N.N.N.P.P. The highest BCUT2D eigenvalue weighted by atomic mass is 31.0. The number of hydrogen-bond acceptors (Lipinski definition) is 3. The number of hydrogen-bond donors (Lipinski definition) is 3. The van der Waals surface area contributed by atoms with Gasteiger partial charge in [0.2, 0.25) is 0 Å². The van der Waals surface area contributed by atoms with Gasteiger partial charge < -0.3 is 18.5 Å². The van der Waals surface area contributed by atoms with Crippen molar-refractivity contribution in [2.75, 3.05) is 0 Å². The lowest BCUT2D eigenvalue weighted by Gasteiger charge is -0.345. The summed E-state index contributed by atoms with van der Waals surface area (Å²) in [6.45, 7) is 0. The fraction of sp³-hybridized carbons (Fsp3) is 0. The molecular formula is H15N3P2. The third-order valence-corrected chi connectivity index (χ3v) is 0. The smallest absolute Gasteiger partial charge is 0.153 e. The van der Waals surface area contributed by atoms with E-state index in [0.717, 1.165) is 0 Å². The second kappa shape index (κ2) is 121. The molecule has 0 saturated carbocycles. The van der Waals surface area contributed by atoms with Crippen molar-refractivity contribution >= 4 is 19.8 Å². The first-order valence-corrected chi connectivity index (χ1v) is 0. The molecular weight excluding hydrogens is 104 g/mol. The second-order valence-electron chi connectivity index (χ2n) is 0. The highest BCUT2D eigenvalue weighted by Crippen LogP contribution is 0.862. The number of rotatable bonds is 0. The third-order valence-electron chi connectivity index (χ3n) is 0. The molecule has 0 amide bonds. The minimum Gasteiger partial charge on any atom is -0.344 e. The van der Waals surface area contributed by atoms with Gasteiger partial charge in [-0.3, -0.25) is 0 Å². The second-order valence-corrected chi connectivity index (χ2v) is 0. The van der Waals surface area contributed by atoms with Gasteiger partial charge >= 0.3 is 0 Å². The van der Waals surface area contributed by atoms with Crippen LogP contribution >= 0.6 is 19.8 Å². The van der Waals surface area contributed by atoms with Gasteiger partial charge in [0.05, 0.1) is 0 Å². The molecule has 0 aliphatic heterocycles. The van der Waals surface area contributed by atoms with Gasteiger partial charge in [0.1, 0.15) is 0 Å². The lowest BCUT2D eigenvalue weighted by molar-refractivity contribution is 2.13. The molecule has 40 valence electrons. The van der Waals surface area contributed by atoms with Gasteiger partial charge in [-0.05, 0) is 0 Å². The summed E-state index contributed by atoms with van der Waals surface area (Å²) in [6.07, 6.45) is 0. The van der Waals surface area contributed by atoms with E-state index < -0.39 is 0 Å². The maximum absolute atomic E-state index is 0. The Bertz CT molecular complexity index is 4.85. The zero-order valence-electron chi connectivity index (χ0n) is 3.54. The van der Waals surface area contributed by atoms with Crippen LogP contribution in [0.1, 0.15) is 0 Å². The van der Waals surface area contributed by atoms with Crippen LogP contribution in [0.3, 0.4) is 0 Å². The topological polar surface area (TPSA) is 105 Å². The van der Waals surface area contributed by atoms with Crippen LogP contribution in [0.2, 0.25) is 0 Å². The molecule has 0 aromatic heterocycles. The van der Waals surface area contributed by atoms with Crippen LogP contribution in [0.5, 0.6) is 0 Å². The van der Waals surface area contributed by atoms with E-state index in [2.05, 4.69) is 0 Å². The van der Waals surface area contributed by atoms with E-state index in [1.54, 1.807) is 0 Å². The Morgan fingerprint density at radius 1 is 0.400 bits per heavy atom. The molecule has 5 heteroatoms. The average molecular weight is 119 g/mol. The predicted molar refractivity (Wildman–Crippen MR) is 37.3 cm³/mol. The average Bonchev–Trinajstić information content (AvgIpc) is 0. The first kappa shape index (κ1) is 236. The molecule has 0 fully saturated rings. The molecule has 0 heterocycles. The van der Waals surface area contributed by atoms with E-state index in [1.165, 1.54) is 0 Å². The molecule has 0 aliphatic rings. The van der Waals surface area contributed by atoms with Gasteiger partial charge in [-0.2, -0.15) is 19.8 Å². The Morgan fingerprint density at radius 3 is 0.400 bits per heavy atom. The van der Waals surface area contributed by atoms with Crippen molar-refractivity contribution < 1.29 is 0 Å². The van der Waals surface area contributed by atoms with Crippen LogP contribution in [0.15, 0.2) is 0 Å². The summed E-state index contributed by atoms with van der Waals surface area (Å²) in [5, 5.41) is 0. The summed E-state index contributed by atoms with van der Waals surface area (Å²) in [7, 11) is 0. The molecule has 3 nitrogen and oxygen atoms in total. The van der Waals surface area contributed by atoms with E-state index in [-0.39, 0.29) is 38.2 Å². The fourth-order valence-electron chi connectivity index (χ4n) is 0. The Labute approximate surface area is 39.3 Å². The molecule has 2 unspecified atom stereocenters. The minimum atomic E-state index is 0. The molecule has 0 spiro atoms. The van der Waals surface area contributed by atoms with Crippen LogP contribution in [0.25, 0.3) is 0 Å². The molecule has 0 aromatic rings. The summed E-state index contributed by atoms with van der Waals surface area (Å²) in [6, 6.07) is 0. The summed E-state index contributed by atoms with van der Waals surface area (Å²) in [4.78, 5) is 0. The zero-order valence-corrected chi connectivity index (χ0v) is 6.36. The van der Waals surface area contributed by atoms with Crippen molar-refractivity contribution in [2.45, 2.75) is 0 Å². The Balaban J connectivity index is 0. The van der Waals surface area contributed by atoms with E-state index in [4.69, 9.17) is 0 Å². The van der Waals surface area contributed by atoms with Gasteiger partial charge in [0.25, 0.3) is 0 Å². The lowest BCUT2D eigenvalue weighted by Crippen LogP contribution is -0.482. The third kappa shape index (κ3) is 65.0. The van der Waals surface area contributed by atoms with Crippen LogP contribution < -0.4 is 18.5 Å². The molecule has 2 atom stereocenters. The molecule has 0 bridgehead atoms. The van der Waals surface area contributed by atoms with Crippen molar-refractivity contribution in [1.82, 2.24) is 18.5 Å². The van der Waals surface area contributed by atoms with Gasteiger partial charge in [-0.15, -0.1) is 0 Å². The van der Waals surface area contributed by atoms with Crippen LogP contribution in [-0.2, 0) is 0 Å².